The Morgan fingerprint density at radius 1 is 1.53 bits per heavy atom. The lowest BCUT2D eigenvalue weighted by molar-refractivity contribution is 0.254. The summed E-state index contributed by atoms with van der Waals surface area (Å²) in [5.74, 6) is 0. The van der Waals surface area contributed by atoms with Crippen LogP contribution >= 0.6 is 11.6 Å². The van der Waals surface area contributed by atoms with Crippen molar-refractivity contribution in [3.8, 4) is 0 Å². The van der Waals surface area contributed by atoms with Gasteiger partial charge in [0.25, 0.3) is 0 Å². The van der Waals surface area contributed by atoms with Crippen LogP contribution in [0.25, 0.3) is 0 Å². The second kappa shape index (κ2) is 5.00. The highest BCUT2D eigenvalue weighted by Gasteiger charge is 2.13. The Hall–Kier alpha value is -1.26. The van der Waals surface area contributed by atoms with Gasteiger partial charge in [0.1, 0.15) is 0 Å². The fraction of sp³-hybridized carbons (Fsp3) is 0.300. The van der Waals surface area contributed by atoms with E-state index >= 15 is 0 Å². The Labute approximate surface area is 93.8 Å². The topological polar surface area (TPSA) is 72.3 Å². The minimum Gasteiger partial charge on any atom is -0.351 e. The number of hydrogen-bond acceptors (Lipinski definition) is 2. The lowest BCUT2D eigenvalue weighted by atomic mass is 10.2. The number of hydrogen-bond donors (Lipinski definition) is 2. The Morgan fingerprint density at radius 3 is 2.73 bits per heavy atom. The lowest BCUT2D eigenvalue weighted by Crippen LogP contribution is -2.39. The van der Waals surface area contributed by atoms with E-state index in [1.54, 1.807) is 12.1 Å². The predicted molar refractivity (Wildman–Crippen MR) is 62.2 cm³/mol. The van der Waals surface area contributed by atoms with E-state index in [1.807, 2.05) is 13.0 Å². The van der Waals surface area contributed by atoms with Gasteiger partial charge in [-0.15, -0.1) is 0 Å². The molecule has 1 aromatic carbocycles. The molecule has 1 rings (SSSR count). The second-order valence-corrected chi connectivity index (χ2v) is 3.65. The van der Waals surface area contributed by atoms with Gasteiger partial charge in [0.05, 0.1) is 0 Å². The molecule has 0 heterocycles. The monoisotopic (exact) mass is 227 g/mol. The van der Waals surface area contributed by atoms with Gasteiger partial charge in [-0.1, -0.05) is 17.7 Å². The maximum absolute atomic E-state index is 11.2. The van der Waals surface area contributed by atoms with Crippen LogP contribution in [-0.2, 0) is 0 Å². The first-order chi connectivity index (χ1) is 7.06. The highest BCUT2D eigenvalue weighted by molar-refractivity contribution is 6.31. The maximum Gasteiger partial charge on any atom is 0.319 e. The summed E-state index contributed by atoms with van der Waals surface area (Å²) in [5, 5.41) is 0.568. The zero-order valence-electron chi connectivity index (χ0n) is 8.53. The first-order valence-electron chi connectivity index (χ1n) is 4.59. The molecule has 15 heavy (non-hydrogen) atoms. The molecule has 4 N–H and O–H groups in total. The van der Waals surface area contributed by atoms with Crippen LogP contribution in [0.15, 0.2) is 18.2 Å². The van der Waals surface area contributed by atoms with E-state index in [1.165, 1.54) is 4.90 Å². The van der Waals surface area contributed by atoms with Crippen molar-refractivity contribution in [3.63, 3.8) is 0 Å². The number of halogens is 1. The Kier molecular flexibility index (Phi) is 3.94. The van der Waals surface area contributed by atoms with E-state index < -0.39 is 6.03 Å². The SMILES string of the molecule is Cc1ccc(Cl)cc1N(CCN)C(N)=O. The molecule has 0 aromatic heterocycles. The highest BCUT2D eigenvalue weighted by atomic mass is 35.5. The van der Waals surface area contributed by atoms with Crippen molar-refractivity contribution >= 4 is 23.3 Å². The molecule has 0 aliphatic carbocycles. The quantitative estimate of drug-likeness (QED) is 0.821. The molecule has 0 saturated carbocycles. The Morgan fingerprint density at radius 2 is 2.20 bits per heavy atom. The van der Waals surface area contributed by atoms with Crippen molar-refractivity contribution in [2.24, 2.45) is 11.5 Å². The van der Waals surface area contributed by atoms with Crippen LogP contribution in [0.4, 0.5) is 10.5 Å². The summed E-state index contributed by atoms with van der Waals surface area (Å²) < 4.78 is 0. The van der Waals surface area contributed by atoms with Crippen LogP contribution in [-0.4, -0.2) is 19.1 Å². The van der Waals surface area contributed by atoms with Gasteiger partial charge in [-0.2, -0.15) is 0 Å². The lowest BCUT2D eigenvalue weighted by Gasteiger charge is -2.21. The van der Waals surface area contributed by atoms with Crippen molar-refractivity contribution in [2.45, 2.75) is 6.92 Å². The number of amides is 2. The van der Waals surface area contributed by atoms with Crippen molar-refractivity contribution in [1.82, 2.24) is 0 Å². The number of carbonyl (C=O) groups excluding carboxylic acids is 1. The van der Waals surface area contributed by atoms with Gasteiger partial charge >= 0.3 is 6.03 Å². The third-order valence-corrected chi connectivity index (χ3v) is 2.32. The number of benzene rings is 1. The van der Waals surface area contributed by atoms with E-state index in [4.69, 9.17) is 23.1 Å². The van der Waals surface area contributed by atoms with Crippen LogP contribution in [0.5, 0.6) is 0 Å². The summed E-state index contributed by atoms with van der Waals surface area (Å²) in [7, 11) is 0. The summed E-state index contributed by atoms with van der Waals surface area (Å²) in [6, 6.07) is 4.79. The molecule has 0 aliphatic heterocycles. The number of aryl methyl sites for hydroxylation is 1. The molecule has 4 nitrogen and oxygen atoms in total. The number of nitrogens with zero attached hydrogens (tertiary/aromatic N) is 1. The first-order valence-corrected chi connectivity index (χ1v) is 4.97. The van der Waals surface area contributed by atoms with Gasteiger partial charge in [0, 0.05) is 23.8 Å². The van der Waals surface area contributed by atoms with Crippen molar-refractivity contribution in [3.05, 3.63) is 28.8 Å². The van der Waals surface area contributed by atoms with E-state index in [0.29, 0.717) is 23.8 Å². The van der Waals surface area contributed by atoms with Gasteiger partial charge in [-0.25, -0.2) is 4.79 Å². The van der Waals surface area contributed by atoms with Crippen LogP contribution in [0.3, 0.4) is 0 Å². The molecule has 0 atom stereocenters. The zero-order valence-corrected chi connectivity index (χ0v) is 9.29. The third kappa shape index (κ3) is 2.84. The summed E-state index contributed by atoms with van der Waals surface area (Å²) in [6.07, 6.45) is 0. The van der Waals surface area contributed by atoms with E-state index in [-0.39, 0.29) is 0 Å². The molecular weight excluding hydrogens is 214 g/mol. The first kappa shape index (κ1) is 11.8. The summed E-state index contributed by atoms with van der Waals surface area (Å²) >= 11 is 5.86. The molecule has 0 spiro atoms. The van der Waals surface area contributed by atoms with Crippen molar-refractivity contribution < 1.29 is 4.79 Å². The van der Waals surface area contributed by atoms with Crippen molar-refractivity contribution in [2.75, 3.05) is 18.0 Å². The van der Waals surface area contributed by atoms with Crippen LogP contribution in [0, 0.1) is 6.92 Å². The highest BCUT2D eigenvalue weighted by Crippen LogP contribution is 2.23. The predicted octanol–water partition coefficient (Wildman–Crippen LogP) is 1.49. The maximum atomic E-state index is 11.2. The smallest absolute Gasteiger partial charge is 0.319 e. The molecule has 1 aromatic rings. The molecule has 0 saturated heterocycles. The average molecular weight is 228 g/mol. The fourth-order valence-corrected chi connectivity index (χ4v) is 1.52. The Bertz CT molecular complexity index is 368. The number of urea groups is 1. The minimum atomic E-state index is -0.522. The zero-order chi connectivity index (χ0) is 11.4. The average Bonchev–Trinajstić information content (AvgIpc) is 2.18. The molecule has 82 valence electrons. The van der Waals surface area contributed by atoms with E-state index in [9.17, 15) is 4.79 Å². The number of rotatable bonds is 3. The standard InChI is InChI=1S/C10H14ClN3O/c1-7-2-3-8(11)6-9(7)14(5-4-12)10(13)15/h2-3,6H,4-5,12H2,1H3,(H2,13,15). The molecule has 0 bridgehead atoms. The summed E-state index contributed by atoms with van der Waals surface area (Å²) in [6.45, 7) is 2.63. The van der Waals surface area contributed by atoms with Gasteiger partial charge in [0.15, 0.2) is 0 Å². The molecule has 2 amide bonds. The second-order valence-electron chi connectivity index (χ2n) is 3.21. The molecule has 0 radical (unpaired) electrons. The van der Waals surface area contributed by atoms with E-state index in [2.05, 4.69) is 0 Å². The van der Waals surface area contributed by atoms with Gasteiger partial charge in [-0.05, 0) is 24.6 Å². The van der Waals surface area contributed by atoms with Crippen LogP contribution in [0.2, 0.25) is 5.02 Å². The molecule has 0 aliphatic rings. The fourth-order valence-electron chi connectivity index (χ4n) is 1.35. The van der Waals surface area contributed by atoms with Gasteiger partial charge < -0.3 is 11.5 Å². The third-order valence-electron chi connectivity index (χ3n) is 2.08. The number of carbonyl (C=O) groups is 1. The normalized spacial score (nSPS) is 10.1. The van der Waals surface area contributed by atoms with Crippen LogP contribution < -0.4 is 16.4 Å². The largest absolute Gasteiger partial charge is 0.351 e. The summed E-state index contributed by atoms with van der Waals surface area (Å²) in [4.78, 5) is 12.6. The van der Waals surface area contributed by atoms with Gasteiger partial charge in [-0.3, -0.25) is 4.90 Å². The molecule has 5 heteroatoms. The van der Waals surface area contributed by atoms with E-state index in [0.717, 1.165) is 5.56 Å². The summed E-state index contributed by atoms with van der Waals surface area (Å²) in [5.41, 5.74) is 12.3. The molecule has 0 unspecified atom stereocenters. The molecular formula is C10H14ClN3O. The van der Waals surface area contributed by atoms with Gasteiger partial charge in [0.2, 0.25) is 0 Å². The number of anilines is 1. The Balaban J connectivity index is 3.09. The van der Waals surface area contributed by atoms with Crippen molar-refractivity contribution in [1.29, 1.82) is 0 Å². The molecule has 0 fully saturated rings. The van der Waals surface area contributed by atoms with Crippen LogP contribution in [0.1, 0.15) is 5.56 Å². The number of nitrogens with two attached hydrogens (primary N) is 2. The number of primary amides is 1. The minimum absolute atomic E-state index is 0.356.